The second-order valence-electron chi connectivity index (χ2n) is 5.10. The zero-order valence-corrected chi connectivity index (χ0v) is 13.0. The van der Waals surface area contributed by atoms with Gasteiger partial charge in [-0.25, -0.2) is 4.98 Å². The molecule has 2 N–H and O–H groups in total. The summed E-state index contributed by atoms with van der Waals surface area (Å²) >= 11 is 1.60. The van der Waals surface area contributed by atoms with Crippen molar-refractivity contribution in [2.24, 2.45) is 5.73 Å². The Morgan fingerprint density at radius 2 is 1.77 bits per heavy atom. The average Bonchev–Trinajstić information content (AvgIpc) is 3.10. The van der Waals surface area contributed by atoms with Gasteiger partial charge in [0.1, 0.15) is 17.4 Å². The number of nitrogens with two attached hydrogens (primary N) is 1. The largest absolute Gasteiger partial charge is 0.489 e. The van der Waals surface area contributed by atoms with Gasteiger partial charge in [-0.2, -0.15) is 0 Å². The van der Waals surface area contributed by atoms with E-state index in [9.17, 15) is 0 Å². The van der Waals surface area contributed by atoms with Crippen LogP contribution in [0.5, 0.6) is 5.75 Å². The smallest absolute Gasteiger partial charge is 0.119 e. The molecule has 1 atom stereocenters. The molecule has 0 saturated carbocycles. The summed E-state index contributed by atoms with van der Waals surface area (Å²) < 4.78 is 5.78. The van der Waals surface area contributed by atoms with Crippen LogP contribution in [-0.2, 0) is 13.0 Å². The van der Waals surface area contributed by atoms with Crippen LogP contribution < -0.4 is 10.5 Å². The molecule has 0 aliphatic carbocycles. The summed E-state index contributed by atoms with van der Waals surface area (Å²) in [6.07, 6.45) is 2.58. The maximum Gasteiger partial charge on any atom is 0.119 e. The topological polar surface area (TPSA) is 48.1 Å². The molecule has 1 aromatic heterocycles. The highest BCUT2D eigenvalue weighted by Crippen LogP contribution is 2.20. The van der Waals surface area contributed by atoms with Crippen LogP contribution in [0.2, 0.25) is 0 Å². The first-order valence-corrected chi connectivity index (χ1v) is 8.10. The highest BCUT2D eigenvalue weighted by atomic mass is 32.1. The van der Waals surface area contributed by atoms with Gasteiger partial charge >= 0.3 is 0 Å². The minimum absolute atomic E-state index is 0.0453. The molecule has 0 amide bonds. The van der Waals surface area contributed by atoms with Gasteiger partial charge in [-0.3, -0.25) is 0 Å². The number of rotatable bonds is 6. The summed E-state index contributed by atoms with van der Waals surface area (Å²) in [6.45, 7) is 0.582. The second kappa shape index (κ2) is 7.20. The van der Waals surface area contributed by atoms with E-state index < -0.39 is 0 Å². The minimum Gasteiger partial charge on any atom is -0.489 e. The third kappa shape index (κ3) is 3.93. The third-order valence-corrected chi connectivity index (χ3v) is 4.30. The monoisotopic (exact) mass is 310 g/mol. The molecule has 4 heteroatoms. The van der Waals surface area contributed by atoms with E-state index in [1.54, 1.807) is 17.5 Å². The van der Waals surface area contributed by atoms with Crippen LogP contribution in [0.15, 0.2) is 66.2 Å². The number of benzene rings is 2. The molecule has 3 rings (SSSR count). The molecular formula is C18H18N2OS. The van der Waals surface area contributed by atoms with Crippen molar-refractivity contribution in [3.8, 4) is 5.75 Å². The minimum atomic E-state index is -0.0453. The van der Waals surface area contributed by atoms with Crippen LogP contribution in [0.1, 0.15) is 22.2 Å². The van der Waals surface area contributed by atoms with Gasteiger partial charge < -0.3 is 10.5 Å². The summed E-state index contributed by atoms with van der Waals surface area (Å²) in [5, 5.41) is 2.93. The Morgan fingerprint density at radius 1 is 1.00 bits per heavy atom. The molecular weight excluding hydrogens is 292 g/mol. The molecule has 2 aromatic carbocycles. The number of hydrogen-bond donors (Lipinski definition) is 1. The molecule has 0 aliphatic rings. The first kappa shape index (κ1) is 14.8. The van der Waals surface area contributed by atoms with Gasteiger partial charge in [0.2, 0.25) is 0 Å². The van der Waals surface area contributed by atoms with E-state index in [2.05, 4.69) is 29.2 Å². The first-order chi connectivity index (χ1) is 10.8. The summed E-state index contributed by atoms with van der Waals surface area (Å²) in [5.74, 6) is 0.871. The number of nitrogens with zero attached hydrogens (tertiary/aromatic N) is 1. The van der Waals surface area contributed by atoms with Crippen LogP contribution in [0, 0.1) is 0 Å². The van der Waals surface area contributed by atoms with E-state index in [4.69, 9.17) is 10.5 Å². The molecule has 3 nitrogen and oxygen atoms in total. The standard InChI is InChI=1S/C18H18N2OS/c19-17(18-20-10-11-22-18)12-14-6-8-16(9-7-14)21-13-15-4-2-1-3-5-15/h1-11,17H,12-13,19H2/t17-/m0/s1. The summed E-state index contributed by atoms with van der Waals surface area (Å²) in [5.41, 5.74) is 8.51. The van der Waals surface area contributed by atoms with Crippen molar-refractivity contribution in [2.75, 3.05) is 0 Å². The Labute approximate surface area is 134 Å². The van der Waals surface area contributed by atoms with Gasteiger partial charge in [0.15, 0.2) is 0 Å². The van der Waals surface area contributed by atoms with E-state index in [0.29, 0.717) is 6.61 Å². The van der Waals surface area contributed by atoms with Crippen molar-refractivity contribution in [2.45, 2.75) is 19.1 Å². The number of thiazole rings is 1. The van der Waals surface area contributed by atoms with Crippen molar-refractivity contribution >= 4 is 11.3 Å². The Balaban J connectivity index is 1.56. The first-order valence-electron chi connectivity index (χ1n) is 7.22. The molecule has 0 unspecified atom stereocenters. The van der Waals surface area contributed by atoms with Gasteiger partial charge in [0.25, 0.3) is 0 Å². The zero-order chi connectivity index (χ0) is 15.2. The van der Waals surface area contributed by atoms with Gasteiger partial charge in [-0.15, -0.1) is 11.3 Å². The normalized spacial score (nSPS) is 12.0. The van der Waals surface area contributed by atoms with Crippen LogP contribution in [0.25, 0.3) is 0 Å². The fourth-order valence-corrected chi connectivity index (χ4v) is 2.86. The van der Waals surface area contributed by atoms with Gasteiger partial charge in [-0.1, -0.05) is 42.5 Å². The molecule has 22 heavy (non-hydrogen) atoms. The average molecular weight is 310 g/mol. The van der Waals surface area contributed by atoms with Crippen molar-refractivity contribution in [1.29, 1.82) is 0 Å². The summed E-state index contributed by atoms with van der Waals surface area (Å²) in [6, 6.07) is 18.2. The van der Waals surface area contributed by atoms with Crippen LogP contribution in [-0.4, -0.2) is 4.98 Å². The highest BCUT2D eigenvalue weighted by Gasteiger charge is 2.09. The van der Waals surface area contributed by atoms with Gasteiger partial charge in [0, 0.05) is 11.6 Å². The Morgan fingerprint density at radius 3 is 2.45 bits per heavy atom. The zero-order valence-electron chi connectivity index (χ0n) is 12.2. The summed E-state index contributed by atoms with van der Waals surface area (Å²) in [7, 11) is 0. The van der Waals surface area contributed by atoms with Crippen LogP contribution >= 0.6 is 11.3 Å². The molecule has 1 heterocycles. The molecule has 0 radical (unpaired) electrons. The SMILES string of the molecule is N[C@@H](Cc1ccc(OCc2ccccc2)cc1)c1nccs1. The van der Waals surface area contributed by atoms with Crippen LogP contribution in [0.4, 0.5) is 0 Å². The molecule has 0 saturated heterocycles. The van der Waals surface area contributed by atoms with Crippen LogP contribution in [0.3, 0.4) is 0 Å². The summed E-state index contributed by atoms with van der Waals surface area (Å²) in [4.78, 5) is 4.26. The van der Waals surface area contributed by atoms with Crippen molar-refractivity contribution in [3.05, 3.63) is 82.3 Å². The van der Waals surface area contributed by atoms with Crippen molar-refractivity contribution < 1.29 is 4.74 Å². The quantitative estimate of drug-likeness (QED) is 0.749. The lowest BCUT2D eigenvalue weighted by molar-refractivity contribution is 0.306. The Hall–Kier alpha value is -2.17. The lowest BCUT2D eigenvalue weighted by Gasteiger charge is -2.10. The van der Waals surface area contributed by atoms with E-state index in [0.717, 1.165) is 22.7 Å². The predicted octanol–water partition coefficient (Wildman–Crippen LogP) is 3.96. The number of ether oxygens (including phenoxy) is 1. The number of hydrogen-bond acceptors (Lipinski definition) is 4. The van der Waals surface area contributed by atoms with E-state index in [1.807, 2.05) is 35.7 Å². The van der Waals surface area contributed by atoms with E-state index in [-0.39, 0.29) is 6.04 Å². The Bertz CT molecular complexity index is 681. The molecule has 0 bridgehead atoms. The second-order valence-corrected chi connectivity index (χ2v) is 6.03. The Kier molecular flexibility index (Phi) is 4.83. The van der Waals surface area contributed by atoms with Gasteiger partial charge in [-0.05, 0) is 29.7 Å². The van der Waals surface area contributed by atoms with Gasteiger partial charge in [0.05, 0.1) is 6.04 Å². The van der Waals surface area contributed by atoms with Crippen molar-refractivity contribution in [3.63, 3.8) is 0 Å². The molecule has 3 aromatic rings. The van der Waals surface area contributed by atoms with E-state index >= 15 is 0 Å². The fourth-order valence-electron chi connectivity index (χ4n) is 2.22. The molecule has 0 aliphatic heterocycles. The highest BCUT2D eigenvalue weighted by molar-refractivity contribution is 7.09. The lowest BCUT2D eigenvalue weighted by Crippen LogP contribution is -2.12. The molecule has 0 spiro atoms. The van der Waals surface area contributed by atoms with Crippen molar-refractivity contribution in [1.82, 2.24) is 4.98 Å². The number of aromatic nitrogens is 1. The molecule has 0 fully saturated rings. The third-order valence-electron chi connectivity index (χ3n) is 3.40. The van der Waals surface area contributed by atoms with E-state index in [1.165, 1.54) is 5.56 Å². The molecule has 112 valence electrons. The lowest BCUT2D eigenvalue weighted by atomic mass is 10.1. The maximum atomic E-state index is 6.16. The fraction of sp³-hybridized carbons (Fsp3) is 0.167. The maximum absolute atomic E-state index is 6.16. The predicted molar refractivity (Wildman–Crippen MR) is 90.0 cm³/mol.